The Kier molecular flexibility index (Phi) is 6.50. The summed E-state index contributed by atoms with van der Waals surface area (Å²) in [5.41, 5.74) is 2.02. The van der Waals surface area contributed by atoms with Crippen molar-refractivity contribution in [3.05, 3.63) is 54.1 Å². The molecular weight excluding hydrogens is 328 g/mol. The van der Waals surface area contributed by atoms with Crippen molar-refractivity contribution in [2.24, 2.45) is 0 Å². The molecule has 1 fully saturated rings. The van der Waals surface area contributed by atoms with Crippen molar-refractivity contribution in [3.8, 4) is 11.5 Å². The maximum atomic E-state index is 12.2. The summed E-state index contributed by atoms with van der Waals surface area (Å²) in [4.78, 5) is 14.7. The zero-order valence-corrected chi connectivity index (χ0v) is 15.2. The standard InChI is InChI=1S/C21H26N2O3/c1-25-19-10-3-4-11-20(19)26-16-21(24)22-18-9-7-8-17(14-18)15-23-12-5-2-6-13-23/h3-4,7-11,14H,2,5-6,12-13,15-16H2,1H3,(H,22,24). The topological polar surface area (TPSA) is 50.8 Å². The number of nitrogens with one attached hydrogen (secondary N) is 1. The Morgan fingerprint density at radius 1 is 1.04 bits per heavy atom. The lowest BCUT2D eigenvalue weighted by molar-refractivity contribution is -0.118. The first-order valence-corrected chi connectivity index (χ1v) is 9.11. The number of ether oxygens (including phenoxy) is 2. The second kappa shape index (κ2) is 9.25. The van der Waals surface area contributed by atoms with Crippen LogP contribution < -0.4 is 14.8 Å². The summed E-state index contributed by atoms with van der Waals surface area (Å²) < 4.78 is 10.8. The molecule has 1 aliphatic rings. The van der Waals surface area contributed by atoms with Crippen LogP contribution in [0.15, 0.2) is 48.5 Å². The van der Waals surface area contributed by atoms with Gasteiger partial charge in [0, 0.05) is 12.2 Å². The lowest BCUT2D eigenvalue weighted by Gasteiger charge is -2.26. The van der Waals surface area contributed by atoms with E-state index in [0.717, 1.165) is 25.3 Å². The Morgan fingerprint density at radius 3 is 2.58 bits per heavy atom. The molecule has 1 saturated heterocycles. The Bertz CT molecular complexity index is 727. The van der Waals surface area contributed by atoms with Gasteiger partial charge in [0.1, 0.15) is 0 Å². The predicted molar refractivity (Wildman–Crippen MR) is 103 cm³/mol. The summed E-state index contributed by atoms with van der Waals surface area (Å²) in [6.07, 6.45) is 3.88. The molecule has 138 valence electrons. The third-order valence-electron chi connectivity index (χ3n) is 4.49. The van der Waals surface area contributed by atoms with Crippen LogP contribution in [-0.4, -0.2) is 37.6 Å². The molecule has 0 radical (unpaired) electrons. The summed E-state index contributed by atoms with van der Waals surface area (Å²) >= 11 is 0. The number of nitrogens with zero attached hydrogens (tertiary/aromatic N) is 1. The molecule has 5 nitrogen and oxygen atoms in total. The number of methoxy groups -OCH3 is 1. The van der Waals surface area contributed by atoms with Gasteiger partial charge in [-0.1, -0.05) is 30.7 Å². The fourth-order valence-electron chi connectivity index (χ4n) is 3.20. The fraction of sp³-hybridized carbons (Fsp3) is 0.381. The van der Waals surface area contributed by atoms with Crippen LogP contribution in [0.3, 0.4) is 0 Å². The Labute approximate surface area is 154 Å². The number of hydrogen-bond acceptors (Lipinski definition) is 4. The molecule has 2 aromatic rings. The number of piperidine rings is 1. The van der Waals surface area contributed by atoms with Crippen LogP contribution in [0, 0.1) is 0 Å². The van der Waals surface area contributed by atoms with Crippen LogP contribution in [0.4, 0.5) is 5.69 Å². The van der Waals surface area contributed by atoms with E-state index in [4.69, 9.17) is 9.47 Å². The number of para-hydroxylation sites is 2. The van der Waals surface area contributed by atoms with Gasteiger partial charge in [0.15, 0.2) is 18.1 Å². The Morgan fingerprint density at radius 2 is 1.81 bits per heavy atom. The van der Waals surface area contributed by atoms with Gasteiger partial charge >= 0.3 is 0 Å². The number of carbonyl (C=O) groups excluding carboxylic acids is 1. The highest BCUT2D eigenvalue weighted by molar-refractivity contribution is 5.91. The zero-order chi connectivity index (χ0) is 18.2. The average molecular weight is 354 g/mol. The zero-order valence-electron chi connectivity index (χ0n) is 15.2. The molecule has 5 heteroatoms. The number of carbonyl (C=O) groups is 1. The van der Waals surface area contributed by atoms with E-state index < -0.39 is 0 Å². The normalized spacial score (nSPS) is 14.7. The number of rotatable bonds is 7. The van der Waals surface area contributed by atoms with Gasteiger partial charge in [0.25, 0.3) is 5.91 Å². The van der Waals surface area contributed by atoms with E-state index in [1.165, 1.54) is 24.8 Å². The highest BCUT2D eigenvalue weighted by Crippen LogP contribution is 2.25. The monoisotopic (exact) mass is 354 g/mol. The first-order chi connectivity index (χ1) is 12.7. The first kappa shape index (κ1) is 18.3. The maximum Gasteiger partial charge on any atom is 0.262 e. The van der Waals surface area contributed by atoms with Crippen LogP contribution in [-0.2, 0) is 11.3 Å². The minimum Gasteiger partial charge on any atom is -0.493 e. The molecule has 26 heavy (non-hydrogen) atoms. The number of likely N-dealkylation sites (tertiary alicyclic amines) is 1. The fourth-order valence-corrected chi connectivity index (χ4v) is 3.20. The van der Waals surface area contributed by atoms with E-state index >= 15 is 0 Å². The van der Waals surface area contributed by atoms with Crippen LogP contribution in [0.5, 0.6) is 11.5 Å². The third kappa shape index (κ3) is 5.23. The van der Waals surface area contributed by atoms with E-state index in [9.17, 15) is 4.79 Å². The molecule has 3 rings (SSSR count). The molecule has 0 saturated carbocycles. The lowest BCUT2D eigenvalue weighted by atomic mass is 10.1. The molecule has 0 aromatic heterocycles. The summed E-state index contributed by atoms with van der Waals surface area (Å²) in [5, 5.41) is 2.90. The molecule has 0 atom stereocenters. The second-order valence-corrected chi connectivity index (χ2v) is 6.52. The maximum absolute atomic E-state index is 12.2. The van der Waals surface area contributed by atoms with Crippen molar-refractivity contribution in [2.45, 2.75) is 25.8 Å². The molecule has 2 aromatic carbocycles. The Hall–Kier alpha value is -2.53. The quantitative estimate of drug-likeness (QED) is 0.824. The highest BCUT2D eigenvalue weighted by Gasteiger charge is 2.11. The lowest BCUT2D eigenvalue weighted by Crippen LogP contribution is -2.29. The number of anilines is 1. The van der Waals surface area contributed by atoms with Gasteiger partial charge < -0.3 is 14.8 Å². The average Bonchev–Trinajstić information content (AvgIpc) is 2.67. The van der Waals surface area contributed by atoms with Gasteiger partial charge in [-0.15, -0.1) is 0 Å². The second-order valence-electron chi connectivity index (χ2n) is 6.52. The smallest absolute Gasteiger partial charge is 0.262 e. The van der Waals surface area contributed by atoms with Gasteiger partial charge in [-0.3, -0.25) is 9.69 Å². The minimum atomic E-state index is -0.189. The Balaban J connectivity index is 1.53. The van der Waals surface area contributed by atoms with Gasteiger partial charge in [-0.05, 0) is 55.8 Å². The van der Waals surface area contributed by atoms with Crippen molar-refractivity contribution in [2.75, 3.05) is 32.1 Å². The largest absolute Gasteiger partial charge is 0.493 e. The van der Waals surface area contributed by atoms with E-state index in [1.54, 1.807) is 19.2 Å². The summed E-state index contributed by atoms with van der Waals surface area (Å²) in [6.45, 7) is 3.19. The van der Waals surface area contributed by atoms with Crippen molar-refractivity contribution in [1.82, 2.24) is 4.90 Å². The predicted octanol–water partition coefficient (Wildman–Crippen LogP) is 3.70. The molecule has 0 unspecified atom stereocenters. The summed E-state index contributed by atoms with van der Waals surface area (Å²) in [6, 6.07) is 15.3. The van der Waals surface area contributed by atoms with E-state index in [2.05, 4.69) is 16.3 Å². The van der Waals surface area contributed by atoms with E-state index in [-0.39, 0.29) is 12.5 Å². The molecule has 1 N–H and O–H groups in total. The van der Waals surface area contributed by atoms with Crippen LogP contribution in [0.1, 0.15) is 24.8 Å². The molecule has 0 aliphatic carbocycles. The molecule has 1 aliphatic heterocycles. The summed E-state index contributed by atoms with van der Waals surface area (Å²) in [5.74, 6) is 0.985. The van der Waals surface area contributed by atoms with Gasteiger partial charge in [-0.2, -0.15) is 0 Å². The number of benzene rings is 2. The van der Waals surface area contributed by atoms with Crippen molar-refractivity contribution in [1.29, 1.82) is 0 Å². The van der Waals surface area contributed by atoms with Crippen LogP contribution >= 0.6 is 0 Å². The van der Waals surface area contributed by atoms with E-state index in [1.807, 2.05) is 30.3 Å². The van der Waals surface area contributed by atoms with Crippen molar-refractivity contribution >= 4 is 11.6 Å². The summed E-state index contributed by atoms with van der Waals surface area (Å²) in [7, 11) is 1.58. The molecule has 1 amide bonds. The number of hydrogen-bond donors (Lipinski definition) is 1. The van der Waals surface area contributed by atoms with E-state index in [0.29, 0.717) is 11.5 Å². The number of amides is 1. The van der Waals surface area contributed by atoms with Gasteiger partial charge in [0.05, 0.1) is 7.11 Å². The molecule has 0 bridgehead atoms. The van der Waals surface area contributed by atoms with Crippen molar-refractivity contribution < 1.29 is 14.3 Å². The first-order valence-electron chi connectivity index (χ1n) is 9.11. The molecular formula is C21H26N2O3. The van der Waals surface area contributed by atoms with Crippen LogP contribution in [0.25, 0.3) is 0 Å². The van der Waals surface area contributed by atoms with Gasteiger partial charge in [0.2, 0.25) is 0 Å². The molecule has 0 spiro atoms. The minimum absolute atomic E-state index is 0.0588. The third-order valence-corrected chi connectivity index (χ3v) is 4.49. The van der Waals surface area contributed by atoms with Crippen LogP contribution in [0.2, 0.25) is 0 Å². The molecule has 1 heterocycles. The SMILES string of the molecule is COc1ccccc1OCC(=O)Nc1cccc(CN2CCCCC2)c1. The highest BCUT2D eigenvalue weighted by atomic mass is 16.5. The van der Waals surface area contributed by atoms with Crippen molar-refractivity contribution in [3.63, 3.8) is 0 Å². The van der Waals surface area contributed by atoms with Gasteiger partial charge in [-0.25, -0.2) is 0 Å².